The van der Waals surface area contributed by atoms with Crippen molar-refractivity contribution in [3.05, 3.63) is 119 Å². The summed E-state index contributed by atoms with van der Waals surface area (Å²) in [7, 11) is -4.04. The quantitative estimate of drug-likeness (QED) is 0.0324. The van der Waals surface area contributed by atoms with Gasteiger partial charge in [0.15, 0.2) is 0 Å². The molecular formula is C60H92N8O4Si. The normalized spacial score (nSPS) is 14.5. The Labute approximate surface area is 442 Å². The van der Waals surface area contributed by atoms with Crippen molar-refractivity contribution in [2.24, 2.45) is 63.2 Å². The van der Waals surface area contributed by atoms with Gasteiger partial charge in [0.25, 0.3) is 0 Å². The van der Waals surface area contributed by atoms with Gasteiger partial charge in [-0.3, -0.25) is 0 Å². The topological polar surface area (TPSA) is 136 Å². The molecule has 0 N–H and O–H groups in total. The molecular weight excluding hydrogens is 925 g/mol. The molecule has 12 nitrogen and oxygen atoms in total. The van der Waals surface area contributed by atoms with Gasteiger partial charge >= 0.3 is 8.72 Å². The van der Waals surface area contributed by atoms with Crippen LogP contribution < -0.4 is 18.9 Å². The van der Waals surface area contributed by atoms with Crippen LogP contribution in [0.5, 0.6) is 23.0 Å². The van der Waals surface area contributed by atoms with E-state index in [4.69, 9.17) is 58.5 Å². The number of nitrogens with zero attached hydrogens (tertiary/aromatic N) is 8. The van der Waals surface area contributed by atoms with Crippen LogP contribution in [0.1, 0.15) is 180 Å². The molecule has 4 rings (SSSR count). The van der Waals surface area contributed by atoms with Gasteiger partial charge in [-0.05, 0) is 73.6 Å². The van der Waals surface area contributed by atoms with E-state index >= 15 is 0 Å². The highest BCUT2D eigenvalue weighted by atomic mass is 28.4. The molecule has 4 unspecified atom stereocenters. The number of ether oxygens (including phenoxy) is 4. The average molecular weight is 1020 g/mol. The van der Waals surface area contributed by atoms with E-state index in [0.717, 1.165) is 96.6 Å². The molecule has 0 aliphatic rings. The molecule has 0 bridgehead atoms. The molecule has 0 aliphatic carbocycles. The summed E-state index contributed by atoms with van der Waals surface area (Å²) in [6.45, 7) is 21.4. The minimum atomic E-state index is -4.04. The van der Waals surface area contributed by atoms with Gasteiger partial charge in [0.2, 0.25) is 0 Å². The van der Waals surface area contributed by atoms with E-state index < -0.39 is 8.72 Å². The lowest BCUT2D eigenvalue weighted by Gasteiger charge is -2.17. The highest BCUT2D eigenvalue weighted by Gasteiger charge is 2.40. The smallest absolute Gasteiger partial charge is 0.493 e. The first-order valence-electron chi connectivity index (χ1n) is 28.2. The van der Waals surface area contributed by atoms with E-state index in [-0.39, 0.29) is 26.2 Å². The van der Waals surface area contributed by atoms with Gasteiger partial charge < -0.3 is 18.9 Å². The van der Waals surface area contributed by atoms with Crippen molar-refractivity contribution >= 4 is 8.72 Å². The molecule has 4 aromatic carbocycles. The third-order valence-electron chi connectivity index (χ3n) is 13.7. The molecule has 0 aliphatic heterocycles. The van der Waals surface area contributed by atoms with Crippen LogP contribution in [-0.4, -0.2) is 35.1 Å². The summed E-state index contributed by atoms with van der Waals surface area (Å²) in [4.78, 5) is 0. The summed E-state index contributed by atoms with van der Waals surface area (Å²) < 4.78 is 45.6. The highest BCUT2D eigenvalue weighted by molar-refractivity contribution is 6.72. The number of para-hydroxylation sites is 4. The van der Waals surface area contributed by atoms with Crippen molar-refractivity contribution < 1.29 is 18.9 Å². The number of hydrogen-bond donors (Lipinski definition) is 0. The number of hydrogen-bond acceptors (Lipinski definition) is 12. The van der Waals surface area contributed by atoms with E-state index in [2.05, 4.69) is 55.4 Å². The van der Waals surface area contributed by atoms with Crippen LogP contribution in [0.2, 0.25) is 0 Å². The molecule has 400 valence electrons. The average Bonchev–Trinajstić information content (AvgIpc) is 3.42. The fourth-order valence-electron chi connectivity index (χ4n) is 8.47. The molecule has 4 aromatic rings. The molecule has 0 radical (unpaired) electrons. The van der Waals surface area contributed by atoms with Gasteiger partial charge in [-0.2, -0.15) is 39.6 Å². The zero-order chi connectivity index (χ0) is 52.2. The lowest BCUT2D eigenvalue weighted by Crippen LogP contribution is -2.24. The summed E-state index contributed by atoms with van der Waals surface area (Å²) in [6.07, 6.45) is 18.2. The van der Waals surface area contributed by atoms with Crippen LogP contribution in [0.25, 0.3) is 0 Å². The Bertz CT molecular complexity index is 1900. The second-order valence-corrected chi connectivity index (χ2v) is 21.5. The first-order chi connectivity index (χ1) is 35.8. The van der Waals surface area contributed by atoms with E-state index in [0.29, 0.717) is 50.1 Å². The summed E-state index contributed by atoms with van der Waals surface area (Å²) in [5.41, 5.74) is 3.64. The Hall–Kier alpha value is -5.30. The molecule has 0 heterocycles. The summed E-state index contributed by atoms with van der Waals surface area (Å²) in [6, 6.07) is 32.1. The number of benzene rings is 4. The van der Waals surface area contributed by atoms with Crippen molar-refractivity contribution in [3.8, 4) is 23.0 Å². The first-order valence-corrected chi connectivity index (χ1v) is 30.0. The van der Waals surface area contributed by atoms with E-state index in [1.54, 1.807) is 0 Å². The summed E-state index contributed by atoms with van der Waals surface area (Å²) >= 11 is 0. The predicted molar refractivity (Wildman–Crippen MR) is 301 cm³/mol. The molecule has 0 amide bonds. The van der Waals surface area contributed by atoms with Crippen LogP contribution in [0.15, 0.2) is 137 Å². The van der Waals surface area contributed by atoms with Crippen molar-refractivity contribution in [3.63, 3.8) is 0 Å². The second-order valence-electron chi connectivity index (χ2n) is 19.5. The number of rotatable bonds is 40. The van der Waals surface area contributed by atoms with Crippen LogP contribution in [-0.2, 0) is 26.2 Å². The zero-order valence-corrected chi connectivity index (χ0v) is 47.2. The Morgan fingerprint density at radius 3 is 0.753 bits per heavy atom. The number of unbranched alkanes of at least 4 members (excludes halogenated alkanes) is 4. The zero-order valence-electron chi connectivity index (χ0n) is 46.2. The molecule has 73 heavy (non-hydrogen) atoms. The molecule has 0 fully saturated rings. The lowest BCUT2D eigenvalue weighted by atomic mass is 10.0. The van der Waals surface area contributed by atoms with Crippen molar-refractivity contribution in [1.82, 2.24) is 0 Å². The van der Waals surface area contributed by atoms with Gasteiger partial charge in [0.1, 0.15) is 23.0 Å². The van der Waals surface area contributed by atoms with E-state index in [9.17, 15) is 0 Å². The van der Waals surface area contributed by atoms with Gasteiger partial charge in [-0.25, -0.2) is 0 Å². The third-order valence-corrected chi connectivity index (χ3v) is 15.4. The van der Waals surface area contributed by atoms with Crippen LogP contribution >= 0.6 is 0 Å². The molecule has 13 heteroatoms. The lowest BCUT2D eigenvalue weighted by molar-refractivity contribution is 0.231. The fraction of sp³-hybridized carbons (Fsp3) is 0.600. The van der Waals surface area contributed by atoms with Crippen molar-refractivity contribution in [1.29, 1.82) is 0 Å². The SMILES string of the molecule is CCCCC(CC)COc1ccccc1CN=N[Si](N=NCc1ccccc1OCC(CC)CCCC)(N=NCc1ccccc1OCC(CC)CCCC)N=NCc1ccccc1OCC(CC)CCCC. The second kappa shape index (κ2) is 36.6. The monoisotopic (exact) mass is 1020 g/mol. The standard InChI is InChI=1S/C60H92N8O4Si/c1-9-17-29-49(13-5)45-69-57-37-25-21-33-53(57)41-61-65-73(66-62-42-54-34-22-26-38-58(54)70-46-50(14-6)30-18-10-2,67-63-43-55-35-23-27-39-59(55)71-47-51(15-7)31-19-11-3)68-64-44-56-36-24-28-40-60(56)72-48-52(16-8)32-20-12-4/h21-28,33-40,49-52H,9-20,29-32,41-48H2,1-8H3. The van der Waals surface area contributed by atoms with Gasteiger partial charge in [-0.1, -0.05) is 205 Å². The van der Waals surface area contributed by atoms with Crippen molar-refractivity contribution in [2.45, 2.75) is 184 Å². The van der Waals surface area contributed by atoms with Gasteiger partial charge in [0.05, 0.1) is 52.6 Å². The predicted octanol–water partition coefficient (Wildman–Crippen LogP) is 18.4. The summed E-state index contributed by atoms with van der Waals surface area (Å²) in [5, 5.41) is 19.3. The summed E-state index contributed by atoms with van der Waals surface area (Å²) in [5.74, 6) is 5.09. The highest BCUT2D eigenvalue weighted by Crippen LogP contribution is 2.28. The Balaban J connectivity index is 1.77. The van der Waals surface area contributed by atoms with Crippen LogP contribution in [0.4, 0.5) is 0 Å². The van der Waals surface area contributed by atoms with Gasteiger partial charge in [-0.15, -0.1) is 0 Å². The fourth-order valence-corrected chi connectivity index (χ4v) is 9.75. The maximum Gasteiger partial charge on any atom is 0.650 e. The minimum absolute atomic E-state index is 0.227. The van der Waals surface area contributed by atoms with Gasteiger partial charge in [0, 0.05) is 22.3 Å². The molecule has 0 spiro atoms. The molecule has 0 saturated heterocycles. The third kappa shape index (κ3) is 22.8. The molecule has 0 aromatic heterocycles. The van der Waals surface area contributed by atoms with E-state index in [1.807, 2.05) is 97.1 Å². The minimum Gasteiger partial charge on any atom is -0.493 e. The maximum absolute atomic E-state index is 6.48. The van der Waals surface area contributed by atoms with Crippen LogP contribution in [0, 0.1) is 23.7 Å². The van der Waals surface area contributed by atoms with E-state index in [1.165, 1.54) is 51.4 Å². The Morgan fingerprint density at radius 2 is 0.548 bits per heavy atom. The molecule has 0 saturated carbocycles. The Kier molecular flexibility index (Phi) is 30.2. The van der Waals surface area contributed by atoms with Crippen molar-refractivity contribution in [2.75, 3.05) is 26.4 Å². The molecule has 4 atom stereocenters. The largest absolute Gasteiger partial charge is 0.650 e. The van der Waals surface area contributed by atoms with Crippen LogP contribution in [0.3, 0.4) is 0 Å². The maximum atomic E-state index is 6.48. The Morgan fingerprint density at radius 1 is 0.329 bits per heavy atom. The first kappa shape index (κ1) is 60.3.